The van der Waals surface area contributed by atoms with Crippen molar-refractivity contribution in [3.63, 3.8) is 0 Å². The Bertz CT molecular complexity index is 3200. The topological polar surface area (TPSA) is 120 Å². The SMILES string of the molecule is CC1(C)OB(c2cc(B3OC(C)(C)C(C)(C)O3)c(F)cc2F)OC1(C)C.COc1ccc(-c2cc(-c3ccc(C)cn3)c(F)cc2F)nc1.COc1ccc(-c2cc(-c3ccc(C)cn3)c(F)cc2F)nc1.Cc1ccc(I)nc1.[Cl][Pt]. The molecular formula is C60H60B2ClF6IN5O6Pt. The summed E-state index contributed by atoms with van der Waals surface area (Å²) in [6.45, 7) is 20.8. The van der Waals surface area contributed by atoms with Gasteiger partial charge in [-0.2, -0.15) is 0 Å². The Hall–Kier alpha value is -5.73. The molecular weight excluding hydrogens is 1380 g/mol. The summed E-state index contributed by atoms with van der Waals surface area (Å²) >= 11 is 3.80. The monoisotopic (exact) mass is 1440 g/mol. The Kier molecular flexibility index (Phi) is 22.2. The van der Waals surface area contributed by atoms with E-state index in [0.29, 0.717) is 34.3 Å². The van der Waals surface area contributed by atoms with E-state index in [1.165, 1.54) is 50.4 Å². The number of aryl methyl sites for hydroxylation is 3. The summed E-state index contributed by atoms with van der Waals surface area (Å²) in [5, 5.41) is 0. The molecule has 0 atom stereocenters. The summed E-state index contributed by atoms with van der Waals surface area (Å²) in [6, 6.07) is 24.5. The standard InChI is InChI=1S/C18H26B2F2O4.2C18H14F2N2O.C6H6IN.ClH.Pt/c1-15(2)16(3,4)24-19(23-15)11-9-12(14(22)10-13(11)21)20-25-17(5,6)18(7,8)26-20;2*1-11-3-5-17(21-9-11)13-7-14(16(20)8-15(13)19)18-6-4-12(23-2)10-22-18;1-5-2-3-6(7)8-4-5;;/h9-10H,1-8H3;2*3-10H,1-2H3;2-4H,1H3;1H;/q;;;;;+1/p-1. The molecule has 82 heavy (non-hydrogen) atoms. The van der Waals surface area contributed by atoms with Gasteiger partial charge in [-0.05, 0) is 170 Å². The van der Waals surface area contributed by atoms with Crippen LogP contribution in [-0.2, 0) is 37.4 Å². The van der Waals surface area contributed by atoms with Crippen LogP contribution >= 0.6 is 32.0 Å². The van der Waals surface area contributed by atoms with Crippen LogP contribution < -0.4 is 20.4 Å². The Morgan fingerprint density at radius 2 is 0.683 bits per heavy atom. The number of nitrogens with zero attached hydrogens (tertiary/aromatic N) is 5. The van der Waals surface area contributed by atoms with Gasteiger partial charge in [0.2, 0.25) is 0 Å². The third-order valence-corrected chi connectivity index (χ3v) is 14.6. The van der Waals surface area contributed by atoms with E-state index in [0.717, 1.165) is 33.0 Å². The Balaban J connectivity index is 0.000000182. The molecule has 0 N–H and O–H groups in total. The van der Waals surface area contributed by atoms with E-state index in [4.69, 9.17) is 28.1 Å². The molecule has 7 heterocycles. The molecule has 0 amide bonds. The number of pyridine rings is 5. The van der Waals surface area contributed by atoms with Crippen LogP contribution in [-0.4, -0.2) is 75.8 Å². The molecule has 0 radical (unpaired) electrons. The van der Waals surface area contributed by atoms with Crippen LogP contribution in [0.3, 0.4) is 0 Å². The number of ether oxygens (including phenoxy) is 2. The summed E-state index contributed by atoms with van der Waals surface area (Å²) in [6.07, 6.45) is 8.12. The first-order valence-corrected chi connectivity index (χ1v) is 29.3. The summed E-state index contributed by atoms with van der Waals surface area (Å²) in [5.41, 5.74) is 3.52. The molecule has 22 heteroatoms. The zero-order valence-electron chi connectivity index (χ0n) is 47.3. The van der Waals surface area contributed by atoms with Crippen LogP contribution in [0.15, 0.2) is 128 Å². The normalized spacial score (nSPS) is 15.1. The second-order valence-corrected chi connectivity index (χ2v) is 22.1. The second kappa shape index (κ2) is 27.8. The third-order valence-electron chi connectivity index (χ3n) is 14.0. The zero-order chi connectivity index (χ0) is 60.5. The maximum atomic E-state index is 14.5. The average molecular weight is 1440 g/mol. The first-order chi connectivity index (χ1) is 38.6. The average Bonchev–Trinajstić information content (AvgIpc) is 4.06. The van der Waals surface area contributed by atoms with Crippen LogP contribution in [0.5, 0.6) is 11.5 Å². The van der Waals surface area contributed by atoms with Gasteiger partial charge in [0.05, 0.1) is 71.8 Å². The molecule has 2 fully saturated rings. The van der Waals surface area contributed by atoms with Crippen molar-refractivity contribution in [2.75, 3.05) is 14.2 Å². The fourth-order valence-electron chi connectivity index (χ4n) is 7.79. The van der Waals surface area contributed by atoms with Gasteiger partial charge in [-0.1, -0.05) is 24.3 Å². The number of rotatable bonds is 8. The molecule has 3 aromatic carbocycles. The summed E-state index contributed by atoms with van der Waals surface area (Å²) in [5.74, 6) is -2.96. The number of benzene rings is 3. The number of halogens is 8. The van der Waals surface area contributed by atoms with Gasteiger partial charge in [0.1, 0.15) is 50.1 Å². The molecule has 0 bridgehead atoms. The quantitative estimate of drug-likeness (QED) is 0.0626. The molecule has 0 spiro atoms. The van der Waals surface area contributed by atoms with Gasteiger partial charge >= 0.3 is 42.4 Å². The van der Waals surface area contributed by atoms with Gasteiger partial charge in [0.25, 0.3) is 0 Å². The Labute approximate surface area is 504 Å². The summed E-state index contributed by atoms with van der Waals surface area (Å²) in [4.78, 5) is 20.8. The van der Waals surface area contributed by atoms with E-state index in [1.807, 2.05) is 101 Å². The molecule has 2 aliphatic rings. The van der Waals surface area contributed by atoms with Crippen molar-refractivity contribution in [1.82, 2.24) is 24.9 Å². The third kappa shape index (κ3) is 15.9. The van der Waals surface area contributed by atoms with Crippen LogP contribution in [0.2, 0.25) is 0 Å². The van der Waals surface area contributed by atoms with Gasteiger partial charge in [-0.25, -0.2) is 26.3 Å². The fraction of sp³-hybridized carbons (Fsp3) is 0.283. The number of hydrogen-bond acceptors (Lipinski definition) is 11. The molecule has 10 rings (SSSR count). The fourth-order valence-corrected chi connectivity index (χ4v) is 8.11. The van der Waals surface area contributed by atoms with E-state index in [1.54, 1.807) is 67.6 Å². The molecule has 433 valence electrons. The molecule has 5 aromatic heterocycles. The summed E-state index contributed by atoms with van der Waals surface area (Å²) < 4.78 is 120. The van der Waals surface area contributed by atoms with Gasteiger partial charge in [-0.15, -0.1) is 0 Å². The molecule has 8 aromatic rings. The van der Waals surface area contributed by atoms with E-state index in [9.17, 15) is 26.3 Å². The Morgan fingerprint density at radius 3 is 0.927 bits per heavy atom. The predicted molar refractivity (Wildman–Crippen MR) is 314 cm³/mol. The van der Waals surface area contributed by atoms with Gasteiger partial charge in [0, 0.05) is 70.0 Å². The maximum absolute atomic E-state index is 14.5. The van der Waals surface area contributed by atoms with Crippen LogP contribution in [0.1, 0.15) is 72.1 Å². The van der Waals surface area contributed by atoms with Crippen molar-refractivity contribution in [2.24, 2.45) is 0 Å². The van der Waals surface area contributed by atoms with Crippen LogP contribution in [0, 0.1) is 59.4 Å². The molecule has 2 saturated heterocycles. The molecule has 2 aliphatic heterocycles. The molecule has 11 nitrogen and oxygen atoms in total. The minimum atomic E-state index is -0.929. The van der Waals surface area contributed by atoms with Crippen molar-refractivity contribution < 1.29 is 73.2 Å². The molecule has 0 unspecified atom stereocenters. The predicted octanol–water partition coefficient (Wildman–Crippen LogP) is 14.1. The van der Waals surface area contributed by atoms with Gasteiger partial charge in [0.15, 0.2) is 0 Å². The molecule has 0 saturated carbocycles. The van der Waals surface area contributed by atoms with Crippen molar-refractivity contribution in [2.45, 2.75) is 98.6 Å². The number of methoxy groups -OCH3 is 2. The zero-order valence-corrected chi connectivity index (χ0v) is 52.5. The van der Waals surface area contributed by atoms with E-state index < -0.39 is 71.5 Å². The van der Waals surface area contributed by atoms with Crippen molar-refractivity contribution in [3.05, 3.63) is 183 Å². The number of hydrogen-bond donors (Lipinski definition) is 0. The molecule has 0 aliphatic carbocycles. The van der Waals surface area contributed by atoms with Gasteiger partial charge < -0.3 is 28.1 Å². The summed E-state index contributed by atoms with van der Waals surface area (Å²) in [7, 11) is 5.80. The van der Waals surface area contributed by atoms with Crippen molar-refractivity contribution in [1.29, 1.82) is 0 Å². The van der Waals surface area contributed by atoms with Crippen LogP contribution in [0.4, 0.5) is 26.3 Å². The minimum absolute atomic E-state index is 0.134. The van der Waals surface area contributed by atoms with E-state index in [-0.39, 0.29) is 33.2 Å². The van der Waals surface area contributed by atoms with Crippen molar-refractivity contribution in [3.8, 4) is 56.5 Å². The van der Waals surface area contributed by atoms with Crippen molar-refractivity contribution >= 4 is 57.2 Å². The second-order valence-electron chi connectivity index (χ2n) is 21.0. The first kappa shape index (κ1) is 65.4. The van der Waals surface area contributed by atoms with E-state index in [2.05, 4.69) is 63.0 Å². The van der Waals surface area contributed by atoms with Crippen LogP contribution in [0.25, 0.3) is 45.0 Å². The van der Waals surface area contributed by atoms with Gasteiger partial charge in [-0.3, -0.25) is 24.9 Å². The number of aromatic nitrogens is 5. The van der Waals surface area contributed by atoms with E-state index >= 15 is 0 Å². The first-order valence-electron chi connectivity index (χ1n) is 25.4. The Morgan fingerprint density at radius 1 is 0.402 bits per heavy atom.